The van der Waals surface area contributed by atoms with Crippen LogP contribution < -0.4 is 5.32 Å². The number of benzene rings is 1. The predicted octanol–water partition coefficient (Wildman–Crippen LogP) is 2.13. The van der Waals surface area contributed by atoms with Crippen molar-refractivity contribution in [1.29, 1.82) is 0 Å². The monoisotopic (exact) mass is 387 g/mol. The Kier molecular flexibility index (Phi) is 6.73. The maximum atomic E-state index is 13.2. The molecule has 2 amide bonds. The molecule has 1 aliphatic carbocycles. The minimum Gasteiger partial charge on any atom is -0.356 e. The van der Waals surface area contributed by atoms with Crippen LogP contribution >= 0.6 is 0 Å². The lowest BCUT2D eigenvalue weighted by Gasteiger charge is -2.40. The predicted molar refractivity (Wildman–Crippen MR) is 109 cm³/mol. The highest BCUT2D eigenvalue weighted by atomic mass is 16.5. The van der Waals surface area contributed by atoms with E-state index in [4.69, 9.17) is 4.74 Å². The second-order valence-corrected chi connectivity index (χ2v) is 8.51. The molecule has 2 aliphatic rings. The third-order valence-corrected chi connectivity index (χ3v) is 6.00. The summed E-state index contributed by atoms with van der Waals surface area (Å²) >= 11 is 0. The standard InChI is InChI=1S/C22H33N3O3/c1-15-9-11-16(12-10-15)20-21(28-14-19(26)25(20)4)22(27)23-18-8-6-5-7-17(18)13-24(2)3/h9-12,17-18,20-21H,5-8,13-14H2,1-4H3,(H,23,27). The van der Waals surface area contributed by atoms with Crippen molar-refractivity contribution in [2.75, 3.05) is 34.3 Å². The van der Waals surface area contributed by atoms with Crippen molar-refractivity contribution in [3.05, 3.63) is 35.4 Å². The molecule has 0 radical (unpaired) electrons. The molecular formula is C22H33N3O3. The fourth-order valence-electron chi connectivity index (χ4n) is 4.44. The summed E-state index contributed by atoms with van der Waals surface area (Å²) in [6.07, 6.45) is 3.80. The van der Waals surface area contributed by atoms with Gasteiger partial charge in [0.05, 0.1) is 6.04 Å². The summed E-state index contributed by atoms with van der Waals surface area (Å²) in [5, 5.41) is 3.26. The highest BCUT2D eigenvalue weighted by molar-refractivity contribution is 5.86. The van der Waals surface area contributed by atoms with Gasteiger partial charge in [-0.2, -0.15) is 0 Å². The number of hydrogen-bond acceptors (Lipinski definition) is 4. The molecule has 1 aromatic rings. The number of hydrogen-bond donors (Lipinski definition) is 1. The van der Waals surface area contributed by atoms with E-state index in [2.05, 4.69) is 24.3 Å². The van der Waals surface area contributed by atoms with Gasteiger partial charge in [0.2, 0.25) is 5.91 Å². The first-order valence-electron chi connectivity index (χ1n) is 10.3. The summed E-state index contributed by atoms with van der Waals surface area (Å²) in [6, 6.07) is 7.73. The van der Waals surface area contributed by atoms with Crippen LogP contribution in [0.15, 0.2) is 24.3 Å². The van der Waals surface area contributed by atoms with E-state index in [0.29, 0.717) is 5.92 Å². The summed E-state index contributed by atoms with van der Waals surface area (Å²) in [5.41, 5.74) is 2.07. The maximum absolute atomic E-state index is 13.2. The highest BCUT2D eigenvalue weighted by Gasteiger charge is 2.41. The second-order valence-electron chi connectivity index (χ2n) is 8.51. The van der Waals surface area contributed by atoms with E-state index in [1.165, 1.54) is 6.42 Å². The normalized spacial score (nSPS) is 28.5. The molecule has 1 N–H and O–H groups in total. The van der Waals surface area contributed by atoms with Crippen LogP contribution in [-0.2, 0) is 14.3 Å². The van der Waals surface area contributed by atoms with Crippen LogP contribution in [0.1, 0.15) is 42.9 Å². The molecule has 1 aromatic carbocycles. The number of nitrogens with one attached hydrogen (secondary N) is 1. The zero-order valence-corrected chi connectivity index (χ0v) is 17.5. The molecule has 28 heavy (non-hydrogen) atoms. The number of carbonyl (C=O) groups is 2. The maximum Gasteiger partial charge on any atom is 0.251 e. The summed E-state index contributed by atoms with van der Waals surface area (Å²) in [5.74, 6) is 0.242. The van der Waals surface area contributed by atoms with Gasteiger partial charge in [-0.1, -0.05) is 42.7 Å². The van der Waals surface area contributed by atoms with Crippen molar-refractivity contribution >= 4 is 11.8 Å². The number of nitrogens with zero attached hydrogens (tertiary/aromatic N) is 2. The molecular weight excluding hydrogens is 354 g/mol. The Hall–Kier alpha value is -1.92. The van der Waals surface area contributed by atoms with E-state index >= 15 is 0 Å². The number of amides is 2. The van der Waals surface area contributed by atoms with Gasteiger partial charge in [0.25, 0.3) is 5.91 Å². The molecule has 4 atom stereocenters. The first-order valence-corrected chi connectivity index (χ1v) is 10.3. The fourth-order valence-corrected chi connectivity index (χ4v) is 4.44. The summed E-state index contributed by atoms with van der Waals surface area (Å²) < 4.78 is 5.76. The van der Waals surface area contributed by atoms with Crippen molar-refractivity contribution in [2.45, 2.75) is 50.8 Å². The van der Waals surface area contributed by atoms with Crippen LogP contribution in [0.3, 0.4) is 0 Å². The highest BCUT2D eigenvalue weighted by Crippen LogP contribution is 2.31. The number of aryl methyl sites for hydroxylation is 1. The number of rotatable bonds is 5. The zero-order chi connectivity index (χ0) is 20.3. The van der Waals surface area contributed by atoms with Crippen molar-refractivity contribution in [1.82, 2.24) is 15.1 Å². The SMILES string of the molecule is Cc1ccc(C2C(C(=O)NC3CCCCC3CN(C)C)OCC(=O)N2C)cc1. The smallest absolute Gasteiger partial charge is 0.251 e. The van der Waals surface area contributed by atoms with E-state index in [1.807, 2.05) is 31.2 Å². The lowest BCUT2D eigenvalue weighted by atomic mass is 9.84. The Balaban J connectivity index is 1.77. The molecule has 1 heterocycles. The van der Waals surface area contributed by atoms with Gasteiger partial charge >= 0.3 is 0 Å². The fraction of sp³-hybridized carbons (Fsp3) is 0.636. The zero-order valence-electron chi connectivity index (χ0n) is 17.5. The Morgan fingerprint density at radius 1 is 1.21 bits per heavy atom. The van der Waals surface area contributed by atoms with Crippen LogP contribution in [0.25, 0.3) is 0 Å². The number of likely N-dealkylation sites (N-methyl/N-ethyl adjacent to an activating group) is 1. The Morgan fingerprint density at radius 3 is 2.57 bits per heavy atom. The summed E-state index contributed by atoms with van der Waals surface area (Å²) in [7, 11) is 5.91. The average molecular weight is 388 g/mol. The molecule has 6 nitrogen and oxygen atoms in total. The molecule has 0 aromatic heterocycles. The summed E-state index contributed by atoms with van der Waals surface area (Å²) in [4.78, 5) is 29.3. The molecule has 1 saturated carbocycles. The first-order chi connectivity index (χ1) is 13.4. The molecule has 3 rings (SSSR count). The third kappa shape index (κ3) is 4.73. The molecule has 1 saturated heterocycles. The minimum absolute atomic E-state index is 0.0528. The molecule has 6 heteroatoms. The molecule has 2 fully saturated rings. The van der Waals surface area contributed by atoms with E-state index in [9.17, 15) is 9.59 Å². The third-order valence-electron chi connectivity index (χ3n) is 6.00. The van der Waals surface area contributed by atoms with Crippen LogP contribution in [0.5, 0.6) is 0 Å². The van der Waals surface area contributed by atoms with Crippen LogP contribution in [0.2, 0.25) is 0 Å². The van der Waals surface area contributed by atoms with Gasteiger partial charge in [-0.05, 0) is 45.3 Å². The van der Waals surface area contributed by atoms with Crippen molar-refractivity contribution in [2.24, 2.45) is 5.92 Å². The van der Waals surface area contributed by atoms with Crippen LogP contribution in [-0.4, -0.2) is 68.1 Å². The molecule has 0 spiro atoms. The average Bonchev–Trinajstić information content (AvgIpc) is 2.66. The first kappa shape index (κ1) is 20.8. The van der Waals surface area contributed by atoms with Crippen LogP contribution in [0.4, 0.5) is 0 Å². The van der Waals surface area contributed by atoms with Gasteiger partial charge < -0.3 is 19.9 Å². The van der Waals surface area contributed by atoms with E-state index in [0.717, 1.165) is 36.9 Å². The number of morpholine rings is 1. The van der Waals surface area contributed by atoms with Gasteiger partial charge in [0.15, 0.2) is 6.10 Å². The Morgan fingerprint density at radius 2 is 1.89 bits per heavy atom. The number of carbonyl (C=O) groups excluding carboxylic acids is 2. The molecule has 0 bridgehead atoms. The molecule has 1 aliphatic heterocycles. The van der Waals surface area contributed by atoms with Crippen LogP contribution in [0, 0.1) is 12.8 Å². The van der Waals surface area contributed by atoms with Gasteiger partial charge in [-0.3, -0.25) is 9.59 Å². The van der Waals surface area contributed by atoms with Gasteiger partial charge in [0.1, 0.15) is 6.61 Å². The summed E-state index contributed by atoms with van der Waals surface area (Å²) in [6.45, 7) is 2.94. The van der Waals surface area contributed by atoms with E-state index in [-0.39, 0.29) is 24.5 Å². The molecule has 4 unspecified atom stereocenters. The lowest BCUT2D eigenvalue weighted by molar-refractivity contribution is -0.162. The van der Waals surface area contributed by atoms with Gasteiger partial charge in [-0.25, -0.2) is 0 Å². The lowest BCUT2D eigenvalue weighted by Crippen LogP contribution is -2.56. The Labute approximate surface area is 168 Å². The second kappa shape index (κ2) is 9.05. The quantitative estimate of drug-likeness (QED) is 0.841. The van der Waals surface area contributed by atoms with Gasteiger partial charge in [0, 0.05) is 19.6 Å². The molecule has 154 valence electrons. The van der Waals surface area contributed by atoms with E-state index in [1.54, 1.807) is 11.9 Å². The Bertz CT molecular complexity index is 689. The van der Waals surface area contributed by atoms with Crippen molar-refractivity contribution < 1.29 is 14.3 Å². The van der Waals surface area contributed by atoms with Crippen molar-refractivity contribution in [3.63, 3.8) is 0 Å². The minimum atomic E-state index is -0.688. The van der Waals surface area contributed by atoms with Crippen molar-refractivity contribution in [3.8, 4) is 0 Å². The van der Waals surface area contributed by atoms with Gasteiger partial charge in [-0.15, -0.1) is 0 Å². The largest absolute Gasteiger partial charge is 0.356 e. The number of ether oxygens (including phenoxy) is 1. The van der Waals surface area contributed by atoms with E-state index < -0.39 is 12.1 Å². The topological polar surface area (TPSA) is 61.9 Å².